The van der Waals surface area contributed by atoms with Crippen molar-refractivity contribution in [1.29, 1.82) is 0 Å². The molecular weight excluding hydrogens is 132 g/mol. The van der Waals surface area contributed by atoms with Gasteiger partial charge in [-0.3, -0.25) is 0 Å². The summed E-state index contributed by atoms with van der Waals surface area (Å²) in [6.45, 7) is 9.07. The minimum atomic E-state index is -0.692. The van der Waals surface area contributed by atoms with Gasteiger partial charge in [-0.25, -0.2) is 0 Å². The van der Waals surface area contributed by atoms with E-state index in [0.717, 1.165) is 6.23 Å². The summed E-state index contributed by atoms with van der Waals surface area (Å²) in [6, 6.07) is 0. The highest BCUT2D eigenvalue weighted by Crippen LogP contribution is 1.86. The summed E-state index contributed by atoms with van der Waals surface area (Å²) < 4.78 is 5.50. The maximum atomic E-state index is 5.50. The van der Waals surface area contributed by atoms with Crippen molar-refractivity contribution < 1.29 is 4.43 Å². The second kappa shape index (κ2) is 4.29. The van der Waals surface area contributed by atoms with Gasteiger partial charge in [0.25, 0.3) is 0 Å². The van der Waals surface area contributed by atoms with Crippen molar-refractivity contribution in [3.63, 3.8) is 0 Å². The molecule has 0 radical (unpaired) electrons. The molecule has 1 nitrogen and oxygen atoms in total. The predicted octanol–water partition coefficient (Wildman–Crippen LogP) is 1.01. The van der Waals surface area contributed by atoms with Crippen LogP contribution in [0.2, 0.25) is 26.2 Å². The summed E-state index contributed by atoms with van der Waals surface area (Å²) in [5, 5.41) is 0. The van der Waals surface area contributed by atoms with Gasteiger partial charge in [0.05, 0.1) is 8.80 Å². The zero-order valence-electron chi connectivity index (χ0n) is 6.27. The van der Waals surface area contributed by atoms with Crippen LogP contribution in [0.4, 0.5) is 0 Å². The van der Waals surface area contributed by atoms with Gasteiger partial charge in [0.2, 0.25) is 0 Å². The molecule has 0 aliphatic heterocycles. The monoisotopic (exact) mass is 148 g/mol. The molecule has 0 atom stereocenters. The van der Waals surface area contributed by atoms with Crippen LogP contribution in [0.1, 0.15) is 0 Å². The van der Waals surface area contributed by atoms with Crippen molar-refractivity contribution in [3.05, 3.63) is 0 Å². The highest BCUT2D eigenvalue weighted by molar-refractivity contribution is 6.57. The number of rotatable bonds is 3. The average molecular weight is 148 g/mol. The van der Waals surface area contributed by atoms with Gasteiger partial charge >= 0.3 is 0 Å². The van der Waals surface area contributed by atoms with E-state index in [1.165, 1.54) is 0 Å². The molecule has 0 heterocycles. The van der Waals surface area contributed by atoms with Gasteiger partial charge in [0.15, 0.2) is 9.04 Å². The number of hydrogen-bond donors (Lipinski definition) is 0. The van der Waals surface area contributed by atoms with Crippen molar-refractivity contribution in [2.75, 3.05) is 6.23 Å². The Labute approximate surface area is 55.4 Å². The smallest absolute Gasteiger partial charge is 0.170 e. The van der Waals surface area contributed by atoms with Crippen LogP contribution in [0, 0.1) is 0 Å². The van der Waals surface area contributed by atoms with Gasteiger partial charge in [0, 0.05) is 6.23 Å². The average Bonchev–Trinajstić information content (AvgIpc) is 1.61. The summed E-state index contributed by atoms with van der Waals surface area (Å²) in [6.07, 6.45) is 1.09. The van der Waals surface area contributed by atoms with Crippen LogP contribution in [0.15, 0.2) is 0 Å². The summed E-state index contributed by atoms with van der Waals surface area (Å²) in [5.41, 5.74) is 0. The second-order valence-corrected chi connectivity index (χ2v) is 8.33. The Morgan fingerprint density at radius 1 is 1.12 bits per heavy atom. The summed E-state index contributed by atoms with van der Waals surface area (Å²) in [7, 11) is -1.11. The lowest BCUT2D eigenvalue weighted by Gasteiger charge is -2.06. The normalized spacial score (nSPS) is 11.2. The van der Waals surface area contributed by atoms with Crippen LogP contribution in [0.25, 0.3) is 0 Å². The fraction of sp³-hybridized carbons (Fsp3) is 1.00. The Hall–Kier alpha value is 0.394. The first-order valence-corrected chi connectivity index (χ1v) is 9.15. The van der Waals surface area contributed by atoms with Crippen LogP contribution in [-0.2, 0) is 4.43 Å². The fourth-order valence-electron chi connectivity index (χ4n) is 0.385. The minimum absolute atomic E-state index is 0.414. The van der Waals surface area contributed by atoms with Crippen molar-refractivity contribution >= 4 is 17.8 Å². The molecule has 0 spiro atoms. The zero-order valence-corrected chi connectivity index (χ0v) is 8.58. The van der Waals surface area contributed by atoms with Crippen LogP contribution < -0.4 is 0 Å². The highest BCUT2D eigenvalue weighted by Gasteiger charge is 1.97. The Bertz CT molecular complexity index is 46.4. The molecule has 3 heteroatoms. The van der Waals surface area contributed by atoms with Crippen LogP contribution in [0.3, 0.4) is 0 Å². The molecule has 0 unspecified atom stereocenters. The largest absolute Gasteiger partial charge is 0.424 e. The SMILES string of the molecule is C[SiH](C)CO[SiH](C)C. The fourth-order valence-corrected chi connectivity index (χ4v) is 3.46. The van der Waals surface area contributed by atoms with Crippen molar-refractivity contribution in [3.8, 4) is 0 Å². The van der Waals surface area contributed by atoms with Crippen molar-refractivity contribution in [2.24, 2.45) is 0 Å². The summed E-state index contributed by atoms with van der Waals surface area (Å²) in [4.78, 5) is 0. The first kappa shape index (κ1) is 8.39. The molecule has 0 aromatic carbocycles. The minimum Gasteiger partial charge on any atom is -0.424 e. The van der Waals surface area contributed by atoms with Gasteiger partial charge in [0.1, 0.15) is 0 Å². The topological polar surface area (TPSA) is 9.23 Å². The maximum absolute atomic E-state index is 5.50. The third-order valence-electron chi connectivity index (χ3n) is 0.763. The van der Waals surface area contributed by atoms with Gasteiger partial charge in [-0.15, -0.1) is 0 Å². The Morgan fingerprint density at radius 3 is 1.75 bits per heavy atom. The second-order valence-electron chi connectivity index (χ2n) is 2.78. The van der Waals surface area contributed by atoms with E-state index in [2.05, 4.69) is 26.2 Å². The lowest BCUT2D eigenvalue weighted by molar-refractivity contribution is 0.395. The maximum Gasteiger partial charge on any atom is 0.170 e. The molecule has 0 fully saturated rings. The van der Waals surface area contributed by atoms with E-state index < -0.39 is 17.8 Å². The molecule has 0 saturated carbocycles. The zero-order chi connectivity index (χ0) is 6.57. The quantitative estimate of drug-likeness (QED) is 0.543. The van der Waals surface area contributed by atoms with Gasteiger partial charge < -0.3 is 4.43 Å². The molecule has 0 amide bonds. The van der Waals surface area contributed by atoms with Crippen LogP contribution in [0.5, 0.6) is 0 Å². The Balaban J connectivity index is 2.93. The first-order chi connectivity index (χ1) is 3.63. The first-order valence-electron chi connectivity index (χ1n) is 3.24. The molecule has 8 heavy (non-hydrogen) atoms. The predicted molar refractivity (Wildman–Crippen MR) is 43.7 cm³/mol. The van der Waals surface area contributed by atoms with Crippen LogP contribution in [-0.4, -0.2) is 24.1 Å². The van der Waals surface area contributed by atoms with E-state index in [1.807, 2.05) is 0 Å². The van der Waals surface area contributed by atoms with Crippen LogP contribution >= 0.6 is 0 Å². The number of hydrogen-bond acceptors (Lipinski definition) is 1. The van der Waals surface area contributed by atoms with E-state index >= 15 is 0 Å². The molecule has 0 N–H and O–H groups in total. The molecule has 0 aromatic heterocycles. The molecule has 0 aromatic rings. The molecule has 0 rings (SSSR count). The van der Waals surface area contributed by atoms with E-state index in [-0.39, 0.29) is 0 Å². The van der Waals surface area contributed by atoms with Gasteiger partial charge in [-0.1, -0.05) is 13.1 Å². The molecule has 50 valence electrons. The lowest BCUT2D eigenvalue weighted by Crippen LogP contribution is -2.18. The third-order valence-corrected chi connectivity index (χ3v) is 2.87. The molecule has 0 bridgehead atoms. The van der Waals surface area contributed by atoms with Gasteiger partial charge in [-0.05, 0) is 13.1 Å². The summed E-state index contributed by atoms with van der Waals surface area (Å²) >= 11 is 0. The lowest BCUT2D eigenvalue weighted by atomic mass is 11.7. The Morgan fingerprint density at radius 2 is 1.62 bits per heavy atom. The standard InChI is InChI=1S/C5H16OSi2/c1-7(2)5-6-8(3)4/h7-8H,5H2,1-4H3. The summed E-state index contributed by atoms with van der Waals surface area (Å²) in [5.74, 6) is 0. The van der Waals surface area contributed by atoms with E-state index in [1.54, 1.807) is 0 Å². The molecular formula is C5H16OSi2. The van der Waals surface area contributed by atoms with Crippen molar-refractivity contribution in [1.82, 2.24) is 0 Å². The van der Waals surface area contributed by atoms with Gasteiger partial charge in [-0.2, -0.15) is 0 Å². The van der Waals surface area contributed by atoms with E-state index in [0.29, 0.717) is 0 Å². The molecule has 0 aliphatic rings. The van der Waals surface area contributed by atoms with E-state index in [4.69, 9.17) is 4.43 Å². The molecule has 0 saturated heterocycles. The highest BCUT2D eigenvalue weighted by atomic mass is 28.3. The third kappa shape index (κ3) is 6.39. The van der Waals surface area contributed by atoms with E-state index in [9.17, 15) is 0 Å². The Kier molecular flexibility index (Phi) is 4.50. The van der Waals surface area contributed by atoms with Crippen molar-refractivity contribution in [2.45, 2.75) is 26.2 Å². The molecule has 0 aliphatic carbocycles.